The van der Waals surface area contributed by atoms with E-state index in [9.17, 15) is 38.2 Å². The number of esters is 2. The van der Waals surface area contributed by atoms with Crippen molar-refractivity contribution in [1.82, 2.24) is 29.1 Å². The van der Waals surface area contributed by atoms with E-state index >= 15 is 0 Å². The predicted molar refractivity (Wildman–Crippen MR) is 237 cm³/mol. The molecule has 6 atom stereocenters. The number of nitrogens with one attached hydrogen (secondary N) is 1. The largest absolute Gasteiger partial charge is 0.452 e. The Morgan fingerprint density at radius 3 is 1.85 bits per heavy atom. The highest BCUT2D eigenvalue weighted by Crippen LogP contribution is 2.49. The first kappa shape index (κ1) is 58.3. The molecule has 2 fully saturated rings. The van der Waals surface area contributed by atoms with Crippen molar-refractivity contribution in [3.63, 3.8) is 0 Å². The van der Waals surface area contributed by atoms with Gasteiger partial charge in [0.25, 0.3) is 0 Å². The quantitative estimate of drug-likeness (QED) is 0.105. The molecule has 2 aliphatic rings. The lowest BCUT2D eigenvalue weighted by Gasteiger charge is -2.21. The van der Waals surface area contributed by atoms with Gasteiger partial charge in [-0.25, -0.2) is 24.4 Å². The summed E-state index contributed by atoms with van der Waals surface area (Å²) in [7, 11) is -6.57. The molecule has 0 bridgehead atoms. The third-order valence-corrected chi connectivity index (χ3v) is 11.9. The highest BCUT2D eigenvalue weighted by molar-refractivity contribution is 7.53. The molecule has 376 valence electrons. The Morgan fingerprint density at radius 2 is 1.34 bits per heavy atom. The predicted octanol–water partition coefficient (Wildman–Crippen LogP) is 3.56. The van der Waals surface area contributed by atoms with E-state index in [0.29, 0.717) is 5.56 Å². The number of rotatable bonds is 18. The molecule has 28 heteroatoms. The Balaban J connectivity index is 0.000000388. The number of nitrogen functional groups attached to an aromatic ring is 1. The molecule has 4 heterocycles. The summed E-state index contributed by atoms with van der Waals surface area (Å²) < 4.78 is 72.2. The molecule has 2 aliphatic heterocycles. The Bertz CT molecular complexity index is 2240. The normalized spacial score (nSPS) is 20.3. The fraction of sp³-hybridized carbons (Fsp3) is 0.615. The lowest BCUT2D eigenvalue weighted by Crippen LogP contribution is -2.32. The summed E-state index contributed by atoms with van der Waals surface area (Å²) >= 11 is 0. The maximum absolute atomic E-state index is 12.5. The number of amides is 1. The lowest BCUT2D eigenvalue weighted by atomic mass is 9.96. The van der Waals surface area contributed by atoms with Crippen molar-refractivity contribution in [2.45, 2.75) is 113 Å². The second-order valence-corrected chi connectivity index (χ2v) is 18.7. The van der Waals surface area contributed by atoms with E-state index in [-0.39, 0.29) is 70.8 Å². The van der Waals surface area contributed by atoms with Crippen LogP contribution in [0.1, 0.15) is 98.5 Å². The molecule has 1 unspecified atom stereocenters. The van der Waals surface area contributed by atoms with Gasteiger partial charge in [0, 0.05) is 25.2 Å². The summed E-state index contributed by atoms with van der Waals surface area (Å²) in [5.41, 5.74) is 3.54. The summed E-state index contributed by atoms with van der Waals surface area (Å²) in [5, 5.41) is 21.0. The summed E-state index contributed by atoms with van der Waals surface area (Å²) in [6.45, 7) is 14.0. The Morgan fingerprint density at radius 1 is 0.821 bits per heavy atom. The zero-order valence-corrected chi connectivity index (χ0v) is 39.5. The Labute approximate surface area is 386 Å². The molecule has 5 rings (SSSR count). The number of aromatic nitrogens is 6. The summed E-state index contributed by atoms with van der Waals surface area (Å²) in [4.78, 5) is 75.2. The SMILES string of the molecule is C.CC(=O)OC1O[C@@H](n2cnc(NC(=O)C(C)(C)C)nc2=O)C[C@@H]1OC(=O)c1ccccc1.CCOP(=O)(CO)OCC.CCOP(=O)(CO[C@H]1O[C@@H](n2cnc(N)nc2=O)C[C@@H]1O)OCC. The van der Waals surface area contributed by atoms with Gasteiger partial charge in [0.15, 0.2) is 18.7 Å². The second-order valence-electron chi connectivity index (χ2n) is 14.7. The Hall–Kier alpha value is -4.85. The van der Waals surface area contributed by atoms with Gasteiger partial charge >= 0.3 is 38.5 Å². The fourth-order valence-corrected chi connectivity index (χ4v) is 7.88. The van der Waals surface area contributed by atoms with Crippen LogP contribution in [0.4, 0.5) is 11.9 Å². The maximum Gasteiger partial charge on any atom is 0.356 e. The van der Waals surface area contributed by atoms with Crippen LogP contribution < -0.4 is 22.4 Å². The van der Waals surface area contributed by atoms with Crippen LogP contribution in [0.3, 0.4) is 0 Å². The first-order valence-electron chi connectivity index (χ1n) is 20.5. The van der Waals surface area contributed by atoms with E-state index in [1.165, 1.54) is 13.3 Å². The topological polar surface area (TPSA) is 342 Å². The van der Waals surface area contributed by atoms with Gasteiger partial charge in [0.2, 0.25) is 24.1 Å². The third-order valence-electron chi connectivity index (χ3n) is 8.50. The van der Waals surface area contributed by atoms with Crippen LogP contribution in [-0.4, -0.2) is 121 Å². The first-order chi connectivity index (χ1) is 31.1. The van der Waals surface area contributed by atoms with Crippen LogP contribution >= 0.6 is 15.2 Å². The molecular weight excluding hydrogens is 930 g/mol. The van der Waals surface area contributed by atoms with Crippen LogP contribution in [0.5, 0.6) is 0 Å². The molecule has 67 heavy (non-hydrogen) atoms. The van der Waals surface area contributed by atoms with Crippen LogP contribution in [-0.2, 0) is 60.5 Å². The van der Waals surface area contributed by atoms with Crippen molar-refractivity contribution in [1.29, 1.82) is 0 Å². The number of aliphatic hydroxyl groups is 2. The van der Waals surface area contributed by atoms with Crippen molar-refractivity contribution in [3.05, 3.63) is 69.5 Å². The molecule has 0 radical (unpaired) electrons. The monoisotopic (exact) mass is 992 g/mol. The number of carbonyl (C=O) groups is 3. The van der Waals surface area contributed by atoms with Gasteiger partial charge in [-0.2, -0.15) is 9.97 Å². The molecule has 0 spiro atoms. The van der Waals surface area contributed by atoms with Crippen molar-refractivity contribution in [2.24, 2.45) is 5.41 Å². The average Bonchev–Trinajstić information content (AvgIpc) is 3.82. The lowest BCUT2D eigenvalue weighted by molar-refractivity contribution is -0.191. The summed E-state index contributed by atoms with van der Waals surface area (Å²) in [6.07, 6.45) is -4.56. The average molecular weight is 993 g/mol. The van der Waals surface area contributed by atoms with Gasteiger partial charge in [-0.15, -0.1) is 0 Å². The minimum absolute atomic E-state index is 0. The van der Waals surface area contributed by atoms with Crippen molar-refractivity contribution in [2.75, 3.05) is 50.2 Å². The number of nitrogens with zero attached hydrogens (tertiary/aromatic N) is 6. The molecule has 26 nitrogen and oxygen atoms in total. The number of hydrogen-bond acceptors (Lipinski definition) is 23. The van der Waals surface area contributed by atoms with E-state index in [1.807, 2.05) is 0 Å². The third kappa shape index (κ3) is 18.3. The second kappa shape index (κ2) is 27.2. The molecule has 2 aromatic heterocycles. The summed E-state index contributed by atoms with van der Waals surface area (Å²) in [6, 6.07) is 8.29. The maximum atomic E-state index is 12.5. The summed E-state index contributed by atoms with van der Waals surface area (Å²) in [5.74, 6) is -1.92. The molecule has 0 saturated carbocycles. The van der Waals surface area contributed by atoms with Crippen molar-refractivity contribution < 1.29 is 75.5 Å². The van der Waals surface area contributed by atoms with E-state index in [2.05, 4.69) is 25.3 Å². The van der Waals surface area contributed by atoms with E-state index in [0.717, 1.165) is 15.5 Å². The standard InChI is InChI=1S/C21H24N4O7.C12H21N4O7P.C5H13O4P.CH4/c1-12(26)30-17-14(31-16(27)13-8-6-5-7-9-13)10-15(32-17)25-11-22-19(24-20(25)29)23-18(28)21(2,3)4;1-3-21-24(19,22-4-2)7-20-10-8(17)5-9(23-10)16-6-14-11(13)15-12(16)18;1-3-8-10(7,5-6)9-4-2;/h5-9,11,14-15,17H,10H2,1-4H3,(H,23,24,28,29);6,8-10,17H,3-5,7H2,1-2H3,(H2,13,15,18);6H,3-5H2,1-2H3;1H4/t14-,15+,17?;8-,9+,10-;;/m00../s1. The molecule has 5 N–H and O–H groups in total. The molecule has 0 aliphatic carbocycles. The zero-order valence-electron chi connectivity index (χ0n) is 37.7. The minimum atomic E-state index is -3.43. The molecule has 2 saturated heterocycles. The van der Waals surface area contributed by atoms with Gasteiger partial charge in [0.1, 0.15) is 37.6 Å². The molecule has 1 aromatic carbocycles. The van der Waals surface area contributed by atoms with Gasteiger partial charge < -0.3 is 57.7 Å². The fourth-order valence-electron chi connectivity index (χ4n) is 5.51. The van der Waals surface area contributed by atoms with Crippen LogP contribution in [0.25, 0.3) is 0 Å². The van der Waals surface area contributed by atoms with Gasteiger partial charge in [-0.1, -0.05) is 46.4 Å². The minimum Gasteiger partial charge on any atom is -0.452 e. The van der Waals surface area contributed by atoms with Crippen molar-refractivity contribution >= 4 is 44.9 Å². The molecule has 3 aromatic rings. The van der Waals surface area contributed by atoms with Gasteiger partial charge in [-0.3, -0.25) is 33.2 Å². The number of anilines is 2. The van der Waals surface area contributed by atoms with E-state index < -0.39 is 87.5 Å². The van der Waals surface area contributed by atoms with E-state index in [1.54, 1.807) is 78.8 Å². The van der Waals surface area contributed by atoms with Crippen LogP contribution in [0, 0.1) is 5.41 Å². The van der Waals surface area contributed by atoms with Gasteiger partial charge in [-0.05, 0) is 39.8 Å². The number of benzene rings is 1. The first-order valence-corrected chi connectivity index (χ1v) is 23.9. The van der Waals surface area contributed by atoms with Crippen LogP contribution in [0.2, 0.25) is 0 Å². The number of hydrogen-bond donors (Lipinski definition) is 4. The van der Waals surface area contributed by atoms with E-state index in [4.69, 9.17) is 52.6 Å². The highest BCUT2D eigenvalue weighted by Gasteiger charge is 2.42. The Kier molecular flexibility index (Phi) is 23.7. The van der Waals surface area contributed by atoms with Crippen molar-refractivity contribution in [3.8, 4) is 0 Å². The number of nitrogens with two attached hydrogens (primary N) is 1. The highest BCUT2D eigenvalue weighted by atomic mass is 31.2. The molecule has 1 amide bonds. The number of aliphatic hydroxyl groups excluding tert-OH is 2. The number of carbonyl (C=O) groups excluding carboxylic acids is 3. The smallest absolute Gasteiger partial charge is 0.356 e. The molecular formula is C39H62N8O18P2. The number of ether oxygens (including phenoxy) is 5. The zero-order chi connectivity index (χ0) is 49.2. The van der Waals surface area contributed by atoms with Gasteiger partial charge in [0.05, 0.1) is 32.0 Å². The van der Waals surface area contributed by atoms with Crippen LogP contribution in [0.15, 0.2) is 52.6 Å².